The van der Waals surface area contributed by atoms with Gasteiger partial charge in [-0.3, -0.25) is 0 Å². The van der Waals surface area contributed by atoms with Crippen molar-refractivity contribution in [2.45, 2.75) is 57.3 Å². The fourth-order valence-electron chi connectivity index (χ4n) is 2.16. The number of rotatable bonds is 15. The molecule has 0 radical (unpaired) electrons. The van der Waals surface area contributed by atoms with E-state index in [4.69, 9.17) is 20.4 Å². The highest BCUT2D eigenvalue weighted by Gasteiger charge is 2.16. The van der Waals surface area contributed by atoms with Crippen LogP contribution in [-0.2, 0) is 4.79 Å². The second kappa shape index (κ2) is 17.2. The van der Waals surface area contributed by atoms with Gasteiger partial charge in [-0.15, -0.1) is 0 Å². The van der Waals surface area contributed by atoms with Gasteiger partial charge in [0.15, 0.2) is 0 Å². The smallest absolute Gasteiger partial charge is 0.328 e. The van der Waals surface area contributed by atoms with Gasteiger partial charge in [-0.25, -0.2) is 4.79 Å². The number of hydrogen-bond donors (Lipinski definition) is 4. The number of hydrogen-bond acceptors (Lipinski definition) is 4. The first-order chi connectivity index (χ1) is 12.9. The molecule has 0 aliphatic heterocycles. The molecule has 150 valence electrons. The van der Waals surface area contributed by atoms with Crippen LogP contribution in [0.4, 0.5) is 0 Å². The lowest BCUT2D eigenvalue weighted by molar-refractivity contribution is -0.315. The van der Waals surface area contributed by atoms with E-state index in [9.17, 15) is 4.79 Å². The van der Waals surface area contributed by atoms with Crippen molar-refractivity contribution in [3.05, 3.63) is 72.9 Å². The third kappa shape index (κ3) is 23.8. The Balaban J connectivity index is 3.56. The molecule has 0 aromatic rings. The summed E-state index contributed by atoms with van der Waals surface area (Å²) in [6.45, 7) is 0. The largest absolute Gasteiger partial charge is 0.478 e. The average Bonchev–Trinajstić information content (AvgIpc) is 2.58. The van der Waals surface area contributed by atoms with E-state index in [0.29, 0.717) is 6.42 Å². The van der Waals surface area contributed by atoms with Crippen molar-refractivity contribution in [2.24, 2.45) is 0 Å². The first kappa shape index (κ1) is 24.8. The highest BCUT2D eigenvalue weighted by Crippen LogP contribution is 2.12. The molecule has 4 N–H and O–H groups in total. The Morgan fingerprint density at radius 3 is 1.59 bits per heavy atom. The standard InChI is InChI=1S/C22H32O5/c23-21(24)19-17-15-13-11-9-7-5-3-1-2-4-6-8-10-12-14-16-18-20-22(25,26)27/h1-5,7,9,11,13,15,17,19,25-27H,6,8,10,12,14,16,18,20H2,(H,23,24). The summed E-state index contributed by atoms with van der Waals surface area (Å²) < 4.78 is 0. The second-order valence-electron chi connectivity index (χ2n) is 6.10. The molecule has 0 atom stereocenters. The highest BCUT2D eigenvalue weighted by molar-refractivity contribution is 5.80. The predicted octanol–water partition coefficient (Wildman–Crippen LogP) is 4.16. The number of aliphatic hydroxyl groups is 3. The number of carboxylic acid groups (broad SMARTS) is 1. The fourth-order valence-corrected chi connectivity index (χ4v) is 2.16. The summed E-state index contributed by atoms with van der Waals surface area (Å²) in [7, 11) is 0. The quantitative estimate of drug-likeness (QED) is 0.149. The molecule has 0 rings (SSSR count). The summed E-state index contributed by atoms with van der Waals surface area (Å²) in [6.07, 6.45) is 28.5. The highest BCUT2D eigenvalue weighted by atomic mass is 16.7. The van der Waals surface area contributed by atoms with Gasteiger partial charge in [0.2, 0.25) is 0 Å². The van der Waals surface area contributed by atoms with E-state index in [1.165, 1.54) is 6.08 Å². The Bertz CT molecular complexity index is 546. The molecule has 5 nitrogen and oxygen atoms in total. The van der Waals surface area contributed by atoms with Crippen LogP contribution in [0.25, 0.3) is 0 Å². The van der Waals surface area contributed by atoms with E-state index in [2.05, 4.69) is 6.08 Å². The Labute approximate surface area is 162 Å². The van der Waals surface area contributed by atoms with Crippen LogP contribution >= 0.6 is 0 Å². The molecular weight excluding hydrogens is 344 g/mol. The van der Waals surface area contributed by atoms with Crippen molar-refractivity contribution in [2.75, 3.05) is 0 Å². The van der Waals surface area contributed by atoms with E-state index in [-0.39, 0.29) is 6.42 Å². The van der Waals surface area contributed by atoms with Gasteiger partial charge < -0.3 is 20.4 Å². The summed E-state index contributed by atoms with van der Waals surface area (Å²) in [5.41, 5.74) is 0. The lowest BCUT2D eigenvalue weighted by atomic mass is 10.1. The molecule has 0 spiro atoms. The third-order valence-electron chi connectivity index (χ3n) is 3.51. The van der Waals surface area contributed by atoms with Gasteiger partial charge in [-0.05, 0) is 19.3 Å². The SMILES string of the molecule is O=C(O)C=CC=CC=CC=CC=CC=CCCCCCCCCC(O)(O)O. The number of carbonyl (C=O) groups is 1. The van der Waals surface area contributed by atoms with Crippen molar-refractivity contribution in [1.29, 1.82) is 0 Å². The zero-order valence-electron chi connectivity index (χ0n) is 15.8. The normalized spacial score (nSPS) is 13.6. The molecule has 0 fully saturated rings. The third-order valence-corrected chi connectivity index (χ3v) is 3.51. The molecule has 0 aromatic heterocycles. The minimum atomic E-state index is -2.51. The van der Waals surface area contributed by atoms with Crippen molar-refractivity contribution < 1.29 is 25.2 Å². The fraction of sp³-hybridized carbons (Fsp3) is 0.409. The molecule has 5 heteroatoms. The van der Waals surface area contributed by atoms with Crippen molar-refractivity contribution in [3.63, 3.8) is 0 Å². The van der Waals surface area contributed by atoms with Gasteiger partial charge in [0.25, 0.3) is 5.97 Å². The molecule has 0 heterocycles. The molecular formula is C22H32O5. The Morgan fingerprint density at radius 2 is 1.07 bits per heavy atom. The first-order valence-electron chi connectivity index (χ1n) is 9.32. The van der Waals surface area contributed by atoms with Crippen molar-refractivity contribution >= 4 is 5.97 Å². The molecule has 0 aliphatic carbocycles. The van der Waals surface area contributed by atoms with Crippen LogP contribution < -0.4 is 0 Å². The summed E-state index contributed by atoms with van der Waals surface area (Å²) in [5.74, 6) is -3.47. The van der Waals surface area contributed by atoms with Crippen LogP contribution in [0.5, 0.6) is 0 Å². The lowest BCUT2D eigenvalue weighted by Gasteiger charge is -2.12. The lowest BCUT2D eigenvalue weighted by Crippen LogP contribution is -2.26. The Hall–Kier alpha value is -2.21. The Morgan fingerprint density at radius 1 is 0.630 bits per heavy atom. The van der Waals surface area contributed by atoms with Crippen LogP contribution in [0, 0.1) is 0 Å². The van der Waals surface area contributed by atoms with Gasteiger partial charge in [0.05, 0.1) is 0 Å². The zero-order chi connectivity index (χ0) is 20.2. The van der Waals surface area contributed by atoms with Crippen LogP contribution in [0.2, 0.25) is 0 Å². The van der Waals surface area contributed by atoms with Crippen LogP contribution in [0.1, 0.15) is 51.4 Å². The number of unbranched alkanes of at least 4 members (excludes halogenated alkanes) is 6. The summed E-state index contributed by atoms with van der Waals surface area (Å²) in [5, 5.41) is 34.6. The molecule has 0 amide bonds. The number of carboxylic acids is 1. The van der Waals surface area contributed by atoms with Crippen LogP contribution in [0.3, 0.4) is 0 Å². The van der Waals surface area contributed by atoms with E-state index in [1.54, 1.807) is 12.2 Å². The van der Waals surface area contributed by atoms with Gasteiger partial charge in [-0.1, -0.05) is 92.5 Å². The molecule has 0 saturated carbocycles. The van der Waals surface area contributed by atoms with Gasteiger partial charge >= 0.3 is 5.97 Å². The summed E-state index contributed by atoms with van der Waals surface area (Å²) >= 11 is 0. The minimum Gasteiger partial charge on any atom is -0.478 e. The molecule has 0 aromatic carbocycles. The monoisotopic (exact) mass is 376 g/mol. The second-order valence-corrected chi connectivity index (χ2v) is 6.10. The summed E-state index contributed by atoms with van der Waals surface area (Å²) in [6, 6.07) is 0. The van der Waals surface area contributed by atoms with E-state index in [0.717, 1.165) is 44.6 Å². The van der Waals surface area contributed by atoms with E-state index < -0.39 is 11.9 Å². The summed E-state index contributed by atoms with van der Waals surface area (Å²) in [4.78, 5) is 10.2. The molecule has 27 heavy (non-hydrogen) atoms. The molecule has 0 bridgehead atoms. The van der Waals surface area contributed by atoms with Crippen molar-refractivity contribution in [3.8, 4) is 0 Å². The maximum absolute atomic E-state index is 10.2. The first-order valence-corrected chi connectivity index (χ1v) is 9.32. The zero-order valence-corrected chi connectivity index (χ0v) is 15.8. The van der Waals surface area contributed by atoms with Gasteiger partial charge in [0, 0.05) is 12.5 Å². The van der Waals surface area contributed by atoms with Crippen LogP contribution in [0.15, 0.2) is 72.9 Å². The van der Waals surface area contributed by atoms with Crippen molar-refractivity contribution in [1.82, 2.24) is 0 Å². The number of allylic oxidation sites excluding steroid dienone is 11. The van der Waals surface area contributed by atoms with Crippen LogP contribution in [-0.4, -0.2) is 32.4 Å². The van der Waals surface area contributed by atoms with E-state index in [1.807, 2.05) is 42.5 Å². The predicted molar refractivity (Wildman–Crippen MR) is 109 cm³/mol. The maximum Gasteiger partial charge on any atom is 0.328 e. The van der Waals surface area contributed by atoms with Gasteiger partial charge in [0.1, 0.15) is 0 Å². The Kier molecular flexibility index (Phi) is 15.8. The molecule has 0 aliphatic rings. The average molecular weight is 376 g/mol. The minimum absolute atomic E-state index is 0.00709. The maximum atomic E-state index is 10.2. The molecule has 0 saturated heterocycles. The number of aliphatic carboxylic acids is 1. The van der Waals surface area contributed by atoms with Gasteiger partial charge in [-0.2, -0.15) is 0 Å². The van der Waals surface area contributed by atoms with E-state index >= 15 is 0 Å². The molecule has 0 unspecified atom stereocenters. The topological polar surface area (TPSA) is 98.0 Å².